The first-order chi connectivity index (χ1) is 7.79. The zero-order valence-corrected chi connectivity index (χ0v) is 8.16. The van der Waals surface area contributed by atoms with Gasteiger partial charge < -0.3 is 10.4 Å². The second kappa shape index (κ2) is 3.14. The largest absolute Gasteiger partial charge is 0.350 e. The molecule has 2 heterocycles. The molecule has 4 N–H and O–H groups in total. The van der Waals surface area contributed by atoms with Crippen LogP contribution in [0.5, 0.6) is 0 Å². The summed E-state index contributed by atoms with van der Waals surface area (Å²) >= 11 is 0. The molecule has 0 atom stereocenters. The third-order valence-electron chi connectivity index (χ3n) is 2.48. The Bertz CT molecular complexity index is 675. The van der Waals surface area contributed by atoms with E-state index in [1.54, 1.807) is 6.07 Å². The highest BCUT2D eigenvalue weighted by molar-refractivity contribution is 6.07. The third kappa shape index (κ3) is 1.13. The van der Waals surface area contributed by atoms with Crippen molar-refractivity contribution in [1.82, 2.24) is 15.0 Å². The van der Waals surface area contributed by atoms with E-state index in [1.807, 2.05) is 0 Å². The fraction of sp³-hybridized carbons (Fsp3) is 0. The Morgan fingerprint density at radius 3 is 3.00 bits per heavy atom. The van der Waals surface area contributed by atoms with Crippen molar-refractivity contribution in [2.45, 2.75) is 0 Å². The summed E-state index contributed by atoms with van der Waals surface area (Å²) < 4.78 is 13.1. The molecule has 0 aliphatic rings. The topological polar surface area (TPSA) is 79.6 Å². The van der Waals surface area contributed by atoms with Crippen LogP contribution in [0.4, 0.5) is 10.2 Å². The van der Waals surface area contributed by atoms with E-state index in [1.165, 1.54) is 18.5 Å². The standard InChI is InChI=1S/C10H8FN5/c11-5-1-2-7-6(3-5)8-9(15-7)10(16-12)14-4-13-8/h1-4,15H,12H2,(H,13,14,16). The Labute approximate surface area is 89.5 Å². The zero-order valence-electron chi connectivity index (χ0n) is 8.16. The van der Waals surface area contributed by atoms with Gasteiger partial charge in [-0.3, -0.25) is 0 Å². The second-order valence-corrected chi connectivity index (χ2v) is 3.41. The van der Waals surface area contributed by atoms with E-state index in [-0.39, 0.29) is 5.82 Å². The number of rotatable bonds is 1. The number of nitrogen functional groups attached to an aromatic ring is 1. The molecule has 0 fully saturated rings. The van der Waals surface area contributed by atoms with Crippen LogP contribution in [0.25, 0.3) is 21.9 Å². The summed E-state index contributed by atoms with van der Waals surface area (Å²) in [5, 5.41) is 0.717. The molecule has 0 unspecified atom stereocenters. The minimum Gasteiger partial charge on any atom is -0.350 e. The highest BCUT2D eigenvalue weighted by Gasteiger charge is 2.09. The van der Waals surface area contributed by atoms with Gasteiger partial charge in [-0.15, -0.1) is 0 Å². The van der Waals surface area contributed by atoms with Gasteiger partial charge in [-0.1, -0.05) is 0 Å². The van der Waals surface area contributed by atoms with Crippen LogP contribution in [0, 0.1) is 5.82 Å². The molecule has 0 radical (unpaired) electrons. The number of nitrogens with two attached hydrogens (primary N) is 1. The Hall–Kier alpha value is -2.21. The van der Waals surface area contributed by atoms with Crippen molar-refractivity contribution >= 4 is 27.8 Å². The smallest absolute Gasteiger partial charge is 0.167 e. The van der Waals surface area contributed by atoms with Crippen LogP contribution in [0.2, 0.25) is 0 Å². The summed E-state index contributed by atoms with van der Waals surface area (Å²) in [4.78, 5) is 11.2. The number of hydrogen-bond acceptors (Lipinski definition) is 4. The average Bonchev–Trinajstić information content (AvgIpc) is 2.67. The summed E-state index contributed by atoms with van der Waals surface area (Å²) in [6.07, 6.45) is 1.38. The number of aromatic amines is 1. The minimum atomic E-state index is -0.297. The van der Waals surface area contributed by atoms with Crippen molar-refractivity contribution in [3.63, 3.8) is 0 Å². The van der Waals surface area contributed by atoms with Gasteiger partial charge in [-0.05, 0) is 18.2 Å². The predicted octanol–water partition coefficient (Wildman–Crippen LogP) is 1.54. The lowest BCUT2D eigenvalue weighted by atomic mass is 10.2. The summed E-state index contributed by atoms with van der Waals surface area (Å²) in [7, 11) is 0. The molecule has 6 heteroatoms. The van der Waals surface area contributed by atoms with Crippen molar-refractivity contribution in [2.75, 3.05) is 5.43 Å². The van der Waals surface area contributed by atoms with Crippen molar-refractivity contribution in [3.8, 4) is 0 Å². The van der Waals surface area contributed by atoms with E-state index >= 15 is 0 Å². The average molecular weight is 217 g/mol. The Kier molecular flexibility index (Phi) is 1.78. The lowest BCUT2D eigenvalue weighted by Gasteiger charge is -1.98. The number of nitrogens with one attached hydrogen (secondary N) is 2. The SMILES string of the molecule is NNc1ncnc2c1[nH]c1ccc(F)cc12. The van der Waals surface area contributed by atoms with Gasteiger partial charge in [0.1, 0.15) is 23.2 Å². The normalized spacial score (nSPS) is 11.1. The summed E-state index contributed by atoms with van der Waals surface area (Å²) in [6, 6.07) is 4.48. The summed E-state index contributed by atoms with van der Waals surface area (Å²) in [5.41, 5.74) is 4.59. The van der Waals surface area contributed by atoms with E-state index in [4.69, 9.17) is 5.84 Å². The molecular weight excluding hydrogens is 209 g/mol. The van der Waals surface area contributed by atoms with Gasteiger partial charge in [0.15, 0.2) is 5.82 Å². The molecule has 0 saturated carbocycles. The minimum absolute atomic E-state index is 0.297. The van der Waals surface area contributed by atoms with Crippen LogP contribution in [0.3, 0.4) is 0 Å². The highest BCUT2D eigenvalue weighted by Crippen LogP contribution is 2.26. The van der Waals surface area contributed by atoms with E-state index < -0.39 is 0 Å². The molecule has 5 nitrogen and oxygen atoms in total. The maximum atomic E-state index is 13.1. The molecule has 0 amide bonds. The van der Waals surface area contributed by atoms with E-state index in [9.17, 15) is 4.39 Å². The van der Waals surface area contributed by atoms with Crippen LogP contribution in [0.15, 0.2) is 24.5 Å². The van der Waals surface area contributed by atoms with Crippen LogP contribution >= 0.6 is 0 Å². The number of anilines is 1. The summed E-state index contributed by atoms with van der Waals surface area (Å²) in [5.74, 6) is 5.52. The van der Waals surface area contributed by atoms with E-state index in [0.717, 1.165) is 5.52 Å². The molecule has 3 rings (SSSR count). The first kappa shape index (κ1) is 9.05. The number of benzene rings is 1. The van der Waals surface area contributed by atoms with Crippen molar-refractivity contribution in [3.05, 3.63) is 30.3 Å². The van der Waals surface area contributed by atoms with Gasteiger partial charge in [-0.25, -0.2) is 20.2 Å². The van der Waals surface area contributed by atoms with Gasteiger partial charge >= 0.3 is 0 Å². The number of halogens is 1. The molecule has 80 valence electrons. The Morgan fingerprint density at radius 2 is 2.19 bits per heavy atom. The molecule has 0 aliphatic carbocycles. The van der Waals surface area contributed by atoms with Crippen molar-refractivity contribution in [1.29, 1.82) is 0 Å². The van der Waals surface area contributed by atoms with Gasteiger partial charge in [0.25, 0.3) is 0 Å². The van der Waals surface area contributed by atoms with E-state index in [0.29, 0.717) is 22.2 Å². The molecule has 16 heavy (non-hydrogen) atoms. The first-order valence-electron chi connectivity index (χ1n) is 4.68. The van der Waals surface area contributed by atoms with Gasteiger partial charge in [-0.2, -0.15) is 0 Å². The molecule has 2 aromatic heterocycles. The third-order valence-corrected chi connectivity index (χ3v) is 2.48. The van der Waals surface area contributed by atoms with E-state index in [2.05, 4.69) is 20.4 Å². The number of hydrogen-bond donors (Lipinski definition) is 3. The van der Waals surface area contributed by atoms with Crippen LogP contribution in [-0.2, 0) is 0 Å². The first-order valence-corrected chi connectivity index (χ1v) is 4.68. The number of H-pyrrole nitrogens is 1. The maximum absolute atomic E-state index is 13.1. The maximum Gasteiger partial charge on any atom is 0.167 e. The van der Waals surface area contributed by atoms with Gasteiger partial charge in [0, 0.05) is 10.9 Å². The lowest BCUT2D eigenvalue weighted by molar-refractivity contribution is 0.630. The fourth-order valence-corrected chi connectivity index (χ4v) is 1.77. The lowest BCUT2D eigenvalue weighted by Crippen LogP contribution is -2.09. The van der Waals surface area contributed by atoms with Crippen molar-refractivity contribution in [2.24, 2.45) is 5.84 Å². The Morgan fingerprint density at radius 1 is 1.31 bits per heavy atom. The van der Waals surface area contributed by atoms with Gasteiger partial charge in [0.05, 0.1) is 0 Å². The van der Waals surface area contributed by atoms with Crippen LogP contribution in [0.1, 0.15) is 0 Å². The molecule has 0 bridgehead atoms. The highest BCUT2D eigenvalue weighted by atomic mass is 19.1. The molecule has 1 aromatic carbocycles. The number of nitrogens with zero attached hydrogens (tertiary/aromatic N) is 2. The second-order valence-electron chi connectivity index (χ2n) is 3.41. The fourth-order valence-electron chi connectivity index (χ4n) is 1.77. The number of hydrazine groups is 1. The molecule has 0 spiro atoms. The zero-order chi connectivity index (χ0) is 11.1. The van der Waals surface area contributed by atoms with Gasteiger partial charge in [0.2, 0.25) is 0 Å². The number of fused-ring (bicyclic) bond motifs is 3. The monoisotopic (exact) mass is 217 g/mol. The van der Waals surface area contributed by atoms with Crippen molar-refractivity contribution < 1.29 is 4.39 Å². The summed E-state index contributed by atoms with van der Waals surface area (Å²) in [6.45, 7) is 0. The predicted molar refractivity (Wildman–Crippen MR) is 59.2 cm³/mol. The number of aromatic nitrogens is 3. The molecule has 0 saturated heterocycles. The Balaban J connectivity index is 2.50. The molecule has 3 aromatic rings. The van der Waals surface area contributed by atoms with Crippen LogP contribution < -0.4 is 11.3 Å². The molecular formula is C10H8FN5. The quantitative estimate of drug-likeness (QED) is 0.426. The van der Waals surface area contributed by atoms with Crippen LogP contribution in [-0.4, -0.2) is 15.0 Å². The molecule has 0 aliphatic heterocycles.